The first-order chi connectivity index (χ1) is 10.7. The summed E-state index contributed by atoms with van der Waals surface area (Å²) in [5.41, 5.74) is 2.53. The van der Waals surface area contributed by atoms with Gasteiger partial charge in [-0.05, 0) is 31.7 Å². The molecule has 1 aliphatic rings. The maximum Gasteiger partial charge on any atom is 0.307 e. The van der Waals surface area contributed by atoms with Crippen molar-refractivity contribution in [2.45, 2.75) is 19.9 Å². The van der Waals surface area contributed by atoms with Crippen LogP contribution in [0.25, 0.3) is 0 Å². The summed E-state index contributed by atoms with van der Waals surface area (Å²) in [6.45, 7) is 8.14. The van der Waals surface area contributed by atoms with Crippen LogP contribution < -0.4 is 10.2 Å². The molecule has 0 aliphatic carbocycles. The lowest BCUT2D eigenvalue weighted by molar-refractivity contribution is -0.142. The molecular formula is C17H27N3O2. The Labute approximate surface area is 133 Å². The molecule has 1 heterocycles. The summed E-state index contributed by atoms with van der Waals surface area (Å²) in [5, 5.41) is 3.27. The molecule has 0 bridgehead atoms. The third-order valence-corrected chi connectivity index (χ3v) is 3.95. The van der Waals surface area contributed by atoms with Gasteiger partial charge in [-0.15, -0.1) is 0 Å². The van der Waals surface area contributed by atoms with Gasteiger partial charge >= 0.3 is 5.97 Å². The summed E-state index contributed by atoms with van der Waals surface area (Å²) in [6.07, 6.45) is 0.424. The van der Waals surface area contributed by atoms with Crippen LogP contribution in [0.15, 0.2) is 24.3 Å². The summed E-state index contributed by atoms with van der Waals surface area (Å²) in [7, 11) is 2.17. The van der Waals surface area contributed by atoms with Gasteiger partial charge < -0.3 is 19.9 Å². The number of anilines is 1. The number of benzene rings is 1. The Morgan fingerprint density at radius 2 is 1.86 bits per heavy atom. The van der Waals surface area contributed by atoms with Gasteiger partial charge in [0, 0.05) is 45.0 Å². The predicted octanol–water partition coefficient (Wildman–Crippen LogP) is 1.48. The normalized spacial score (nSPS) is 15.8. The van der Waals surface area contributed by atoms with Gasteiger partial charge in [0.2, 0.25) is 0 Å². The van der Waals surface area contributed by atoms with Crippen LogP contribution in [0.3, 0.4) is 0 Å². The summed E-state index contributed by atoms with van der Waals surface area (Å²) in [6, 6.07) is 8.69. The number of likely N-dealkylation sites (N-methyl/N-ethyl adjacent to an activating group) is 1. The number of carbonyl (C=O) groups excluding carboxylic acids is 1. The number of hydrogen-bond acceptors (Lipinski definition) is 5. The van der Waals surface area contributed by atoms with E-state index in [4.69, 9.17) is 4.74 Å². The van der Waals surface area contributed by atoms with Crippen molar-refractivity contribution in [3.8, 4) is 0 Å². The Kier molecular flexibility index (Phi) is 6.68. The summed E-state index contributed by atoms with van der Waals surface area (Å²) < 4.78 is 4.90. The van der Waals surface area contributed by atoms with Crippen molar-refractivity contribution in [1.82, 2.24) is 10.2 Å². The average molecular weight is 305 g/mol. The molecule has 1 aromatic rings. The monoisotopic (exact) mass is 305 g/mol. The van der Waals surface area contributed by atoms with Crippen LogP contribution in [-0.2, 0) is 16.1 Å². The number of hydrogen-bond donors (Lipinski definition) is 1. The molecule has 1 aliphatic heterocycles. The van der Waals surface area contributed by atoms with Crippen molar-refractivity contribution in [2.75, 3.05) is 51.3 Å². The molecule has 5 heteroatoms. The third kappa shape index (κ3) is 5.31. The van der Waals surface area contributed by atoms with Crippen molar-refractivity contribution in [2.24, 2.45) is 0 Å². The maximum absolute atomic E-state index is 11.2. The lowest BCUT2D eigenvalue weighted by Gasteiger charge is -2.34. The van der Waals surface area contributed by atoms with Gasteiger partial charge in [-0.1, -0.05) is 12.1 Å². The zero-order valence-corrected chi connectivity index (χ0v) is 13.7. The topological polar surface area (TPSA) is 44.8 Å². The van der Waals surface area contributed by atoms with Gasteiger partial charge in [-0.2, -0.15) is 0 Å². The fraction of sp³-hybridized carbons (Fsp3) is 0.588. The minimum atomic E-state index is -0.139. The minimum Gasteiger partial charge on any atom is -0.466 e. The van der Waals surface area contributed by atoms with Gasteiger partial charge in [-0.25, -0.2) is 0 Å². The molecule has 122 valence electrons. The van der Waals surface area contributed by atoms with Gasteiger partial charge in [-0.3, -0.25) is 4.79 Å². The van der Waals surface area contributed by atoms with Gasteiger partial charge in [0.25, 0.3) is 0 Å². The van der Waals surface area contributed by atoms with Crippen LogP contribution in [0.2, 0.25) is 0 Å². The highest BCUT2D eigenvalue weighted by atomic mass is 16.5. The standard InChI is InChI=1S/C17H27N3O2/c1-3-22-17(21)8-9-18-14-15-4-6-16(7-5-15)20-12-10-19(2)11-13-20/h4-7,18H,3,8-14H2,1-2H3. The molecule has 0 atom stereocenters. The molecule has 1 N–H and O–H groups in total. The summed E-state index contributed by atoms with van der Waals surface area (Å²) in [5.74, 6) is -0.139. The van der Waals surface area contributed by atoms with Crippen molar-refractivity contribution < 1.29 is 9.53 Å². The van der Waals surface area contributed by atoms with Crippen molar-refractivity contribution in [3.63, 3.8) is 0 Å². The zero-order valence-electron chi connectivity index (χ0n) is 13.7. The van der Waals surface area contributed by atoms with Crippen molar-refractivity contribution >= 4 is 11.7 Å². The third-order valence-electron chi connectivity index (χ3n) is 3.95. The second kappa shape index (κ2) is 8.76. The van der Waals surface area contributed by atoms with E-state index < -0.39 is 0 Å². The number of nitrogens with zero attached hydrogens (tertiary/aromatic N) is 2. The fourth-order valence-corrected chi connectivity index (χ4v) is 2.55. The zero-order chi connectivity index (χ0) is 15.8. The van der Waals surface area contributed by atoms with Crippen LogP contribution in [-0.4, -0.2) is 57.2 Å². The molecule has 1 aromatic carbocycles. The Hall–Kier alpha value is -1.59. The SMILES string of the molecule is CCOC(=O)CCNCc1ccc(N2CCN(C)CC2)cc1. The van der Waals surface area contributed by atoms with E-state index in [0.29, 0.717) is 19.6 Å². The Balaban J connectivity index is 1.71. The van der Waals surface area contributed by atoms with Crippen LogP contribution in [0.1, 0.15) is 18.9 Å². The quantitative estimate of drug-likeness (QED) is 0.611. The van der Waals surface area contributed by atoms with Gasteiger partial charge in [0.05, 0.1) is 13.0 Å². The second-order valence-electron chi connectivity index (χ2n) is 5.69. The molecule has 0 amide bonds. The van der Waals surface area contributed by atoms with E-state index in [2.05, 4.69) is 46.4 Å². The van der Waals surface area contributed by atoms with Crippen molar-refractivity contribution in [1.29, 1.82) is 0 Å². The minimum absolute atomic E-state index is 0.139. The fourth-order valence-electron chi connectivity index (χ4n) is 2.55. The van der Waals surface area contributed by atoms with Gasteiger partial charge in [0.1, 0.15) is 0 Å². The number of nitrogens with one attached hydrogen (secondary N) is 1. The molecule has 0 radical (unpaired) electrons. The largest absolute Gasteiger partial charge is 0.466 e. The molecule has 5 nitrogen and oxygen atoms in total. The molecule has 0 aromatic heterocycles. The number of carbonyl (C=O) groups is 1. The Bertz CT molecular complexity index is 453. The smallest absolute Gasteiger partial charge is 0.307 e. The average Bonchev–Trinajstić information content (AvgIpc) is 2.53. The second-order valence-corrected chi connectivity index (χ2v) is 5.69. The lowest BCUT2D eigenvalue weighted by Crippen LogP contribution is -2.44. The number of piperazine rings is 1. The molecule has 0 unspecified atom stereocenters. The summed E-state index contributed by atoms with van der Waals surface area (Å²) in [4.78, 5) is 16.0. The predicted molar refractivity (Wildman–Crippen MR) is 89.1 cm³/mol. The number of esters is 1. The van der Waals surface area contributed by atoms with Crippen molar-refractivity contribution in [3.05, 3.63) is 29.8 Å². The Morgan fingerprint density at radius 3 is 2.50 bits per heavy atom. The first-order valence-corrected chi connectivity index (χ1v) is 8.08. The van der Waals surface area contributed by atoms with Crippen LogP contribution >= 0.6 is 0 Å². The van der Waals surface area contributed by atoms with Crippen LogP contribution in [0.4, 0.5) is 5.69 Å². The van der Waals surface area contributed by atoms with E-state index in [0.717, 1.165) is 32.7 Å². The first-order valence-electron chi connectivity index (χ1n) is 8.08. The molecule has 22 heavy (non-hydrogen) atoms. The van der Waals surface area contributed by atoms with E-state index in [1.54, 1.807) is 0 Å². The number of rotatable bonds is 7. The van der Waals surface area contributed by atoms with Gasteiger partial charge in [0.15, 0.2) is 0 Å². The Morgan fingerprint density at radius 1 is 1.18 bits per heavy atom. The molecule has 2 rings (SSSR count). The molecule has 0 spiro atoms. The lowest BCUT2D eigenvalue weighted by atomic mass is 10.1. The molecular weight excluding hydrogens is 278 g/mol. The maximum atomic E-state index is 11.2. The van der Waals surface area contributed by atoms with Crippen LogP contribution in [0, 0.1) is 0 Å². The van der Waals surface area contributed by atoms with E-state index in [1.165, 1.54) is 11.3 Å². The highest BCUT2D eigenvalue weighted by molar-refractivity contribution is 5.69. The highest BCUT2D eigenvalue weighted by Gasteiger charge is 2.13. The van der Waals surface area contributed by atoms with E-state index in [1.807, 2.05) is 6.92 Å². The molecule has 1 fully saturated rings. The molecule has 1 saturated heterocycles. The van der Waals surface area contributed by atoms with E-state index in [-0.39, 0.29) is 5.97 Å². The van der Waals surface area contributed by atoms with E-state index in [9.17, 15) is 4.79 Å². The number of ether oxygens (including phenoxy) is 1. The molecule has 0 saturated carbocycles. The van der Waals surface area contributed by atoms with E-state index >= 15 is 0 Å². The summed E-state index contributed by atoms with van der Waals surface area (Å²) >= 11 is 0. The highest BCUT2D eigenvalue weighted by Crippen LogP contribution is 2.16. The first kappa shape index (κ1) is 16.8. The van der Waals surface area contributed by atoms with Crippen LogP contribution in [0.5, 0.6) is 0 Å².